The third kappa shape index (κ3) is 4.87. The molecule has 0 aromatic carbocycles. The molecule has 4 heteroatoms. The van der Waals surface area contributed by atoms with Crippen molar-refractivity contribution in [3.8, 4) is 0 Å². The lowest BCUT2D eigenvalue weighted by atomic mass is 9.81. The van der Waals surface area contributed by atoms with E-state index in [2.05, 4.69) is 41.4 Å². The van der Waals surface area contributed by atoms with E-state index in [0.29, 0.717) is 5.92 Å². The Morgan fingerprint density at radius 1 is 1.24 bits per heavy atom. The van der Waals surface area contributed by atoms with Crippen LogP contribution in [0.4, 0.5) is 11.6 Å². The molecule has 2 unspecified atom stereocenters. The zero-order valence-electron chi connectivity index (χ0n) is 13.9. The molecule has 0 saturated heterocycles. The van der Waals surface area contributed by atoms with Crippen LogP contribution in [0.5, 0.6) is 0 Å². The normalized spacial score (nSPS) is 22.3. The molecule has 1 aliphatic rings. The van der Waals surface area contributed by atoms with Gasteiger partial charge in [-0.1, -0.05) is 40.0 Å². The average molecular weight is 290 g/mol. The van der Waals surface area contributed by atoms with E-state index in [1.165, 1.54) is 32.1 Å². The molecule has 0 aliphatic heterocycles. The first kappa shape index (κ1) is 16.1. The number of aromatic nitrogens is 2. The Hall–Kier alpha value is -1.32. The van der Waals surface area contributed by atoms with E-state index in [9.17, 15) is 0 Å². The summed E-state index contributed by atoms with van der Waals surface area (Å²) in [5.74, 6) is 4.88. The topological polar surface area (TPSA) is 49.8 Å². The summed E-state index contributed by atoms with van der Waals surface area (Å²) < 4.78 is 0. The van der Waals surface area contributed by atoms with Gasteiger partial charge >= 0.3 is 0 Å². The number of nitrogens with zero attached hydrogens (tertiary/aromatic N) is 2. The third-order valence-corrected chi connectivity index (χ3v) is 4.42. The summed E-state index contributed by atoms with van der Waals surface area (Å²) in [4.78, 5) is 9.11. The van der Waals surface area contributed by atoms with E-state index < -0.39 is 0 Å². The number of anilines is 2. The molecule has 1 fully saturated rings. The highest BCUT2D eigenvalue weighted by atomic mass is 15.1. The largest absolute Gasteiger partial charge is 0.373 e. The Morgan fingerprint density at radius 2 is 2.00 bits per heavy atom. The van der Waals surface area contributed by atoms with Gasteiger partial charge in [-0.2, -0.15) is 0 Å². The Labute approximate surface area is 129 Å². The SMILES string of the molecule is CNc1cc(NCCC2CCCC(C)C2)nc(C(C)C)n1. The van der Waals surface area contributed by atoms with Crippen LogP contribution in [0.15, 0.2) is 6.07 Å². The van der Waals surface area contributed by atoms with Gasteiger partial charge in [-0.3, -0.25) is 0 Å². The van der Waals surface area contributed by atoms with Gasteiger partial charge < -0.3 is 10.6 Å². The Bertz CT molecular complexity index is 444. The Morgan fingerprint density at radius 3 is 2.67 bits per heavy atom. The molecular formula is C17H30N4. The summed E-state index contributed by atoms with van der Waals surface area (Å²) in [5, 5.41) is 6.60. The van der Waals surface area contributed by atoms with Crippen LogP contribution in [0.3, 0.4) is 0 Å². The second-order valence-corrected chi connectivity index (χ2v) is 6.75. The quantitative estimate of drug-likeness (QED) is 0.821. The second kappa shape index (κ2) is 7.62. The van der Waals surface area contributed by atoms with Crippen LogP contribution in [-0.4, -0.2) is 23.6 Å². The van der Waals surface area contributed by atoms with Crippen molar-refractivity contribution < 1.29 is 0 Å². The van der Waals surface area contributed by atoms with Gasteiger partial charge in [0.2, 0.25) is 0 Å². The molecule has 1 aromatic rings. The maximum Gasteiger partial charge on any atom is 0.135 e. The van der Waals surface area contributed by atoms with E-state index >= 15 is 0 Å². The summed E-state index contributed by atoms with van der Waals surface area (Å²) in [6, 6.07) is 2.00. The van der Waals surface area contributed by atoms with Crippen LogP contribution in [0.25, 0.3) is 0 Å². The Kier molecular flexibility index (Phi) is 5.83. The summed E-state index contributed by atoms with van der Waals surface area (Å²) in [5.41, 5.74) is 0. The van der Waals surface area contributed by atoms with Crippen molar-refractivity contribution in [2.45, 2.75) is 58.8 Å². The zero-order chi connectivity index (χ0) is 15.2. The fourth-order valence-corrected chi connectivity index (χ4v) is 3.17. The van der Waals surface area contributed by atoms with E-state index in [0.717, 1.165) is 35.8 Å². The molecule has 2 rings (SSSR count). The zero-order valence-corrected chi connectivity index (χ0v) is 13.9. The summed E-state index contributed by atoms with van der Waals surface area (Å²) in [6.45, 7) is 7.65. The minimum atomic E-state index is 0.345. The van der Waals surface area contributed by atoms with Crippen LogP contribution in [0.1, 0.15) is 64.6 Å². The smallest absolute Gasteiger partial charge is 0.135 e. The molecule has 1 aliphatic carbocycles. The van der Waals surface area contributed by atoms with Crippen LogP contribution >= 0.6 is 0 Å². The predicted octanol–water partition coefficient (Wildman–Crippen LogP) is 4.27. The molecule has 0 spiro atoms. The first-order chi connectivity index (χ1) is 10.1. The predicted molar refractivity (Wildman–Crippen MR) is 89.9 cm³/mol. The highest BCUT2D eigenvalue weighted by Crippen LogP contribution is 2.30. The molecule has 2 atom stereocenters. The van der Waals surface area contributed by atoms with E-state index in [1.54, 1.807) is 0 Å². The average Bonchev–Trinajstić information content (AvgIpc) is 2.47. The molecule has 0 amide bonds. The first-order valence-corrected chi connectivity index (χ1v) is 8.39. The van der Waals surface area contributed by atoms with Crippen molar-refractivity contribution in [1.82, 2.24) is 9.97 Å². The monoisotopic (exact) mass is 290 g/mol. The van der Waals surface area contributed by atoms with E-state index in [1.807, 2.05) is 13.1 Å². The summed E-state index contributed by atoms with van der Waals surface area (Å²) in [7, 11) is 1.90. The van der Waals surface area contributed by atoms with Crippen molar-refractivity contribution in [3.05, 3.63) is 11.9 Å². The fourth-order valence-electron chi connectivity index (χ4n) is 3.17. The number of nitrogens with one attached hydrogen (secondary N) is 2. The van der Waals surface area contributed by atoms with Gasteiger partial charge in [0, 0.05) is 25.6 Å². The van der Waals surface area contributed by atoms with Gasteiger partial charge in [-0.05, 0) is 24.7 Å². The standard InChI is InChI=1S/C17H30N4/c1-12(2)17-20-15(18-4)11-16(21-17)19-9-8-14-7-5-6-13(3)10-14/h11-14H,5-10H2,1-4H3,(H2,18,19,20,21). The molecule has 0 radical (unpaired) electrons. The lowest BCUT2D eigenvalue weighted by Crippen LogP contribution is -2.17. The molecule has 118 valence electrons. The van der Waals surface area contributed by atoms with Crippen molar-refractivity contribution in [1.29, 1.82) is 0 Å². The number of rotatable bonds is 6. The Balaban J connectivity index is 1.88. The van der Waals surface area contributed by atoms with Crippen LogP contribution < -0.4 is 10.6 Å². The second-order valence-electron chi connectivity index (χ2n) is 6.75. The molecular weight excluding hydrogens is 260 g/mol. The van der Waals surface area contributed by atoms with Gasteiger partial charge in [0.05, 0.1) is 0 Å². The minimum absolute atomic E-state index is 0.345. The lowest BCUT2D eigenvalue weighted by molar-refractivity contribution is 0.274. The maximum absolute atomic E-state index is 4.62. The van der Waals surface area contributed by atoms with Crippen LogP contribution in [0, 0.1) is 11.8 Å². The first-order valence-electron chi connectivity index (χ1n) is 8.39. The lowest BCUT2D eigenvalue weighted by Gasteiger charge is -2.26. The molecule has 1 heterocycles. The third-order valence-electron chi connectivity index (χ3n) is 4.42. The molecule has 4 nitrogen and oxygen atoms in total. The highest BCUT2D eigenvalue weighted by Gasteiger charge is 2.18. The number of hydrogen-bond acceptors (Lipinski definition) is 4. The molecule has 0 bridgehead atoms. The number of hydrogen-bond donors (Lipinski definition) is 2. The van der Waals surface area contributed by atoms with Gasteiger partial charge in [0.25, 0.3) is 0 Å². The maximum atomic E-state index is 4.62. The summed E-state index contributed by atoms with van der Waals surface area (Å²) in [6.07, 6.45) is 6.86. The molecule has 1 aromatic heterocycles. The van der Waals surface area contributed by atoms with Gasteiger partial charge in [0.1, 0.15) is 17.5 Å². The summed E-state index contributed by atoms with van der Waals surface area (Å²) >= 11 is 0. The molecule has 21 heavy (non-hydrogen) atoms. The fraction of sp³-hybridized carbons (Fsp3) is 0.765. The van der Waals surface area contributed by atoms with Crippen LogP contribution in [-0.2, 0) is 0 Å². The van der Waals surface area contributed by atoms with Gasteiger partial charge in [-0.15, -0.1) is 0 Å². The van der Waals surface area contributed by atoms with Gasteiger partial charge in [0.15, 0.2) is 0 Å². The van der Waals surface area contributed by atoms with Crippen molar-refractivity contribution in [2.24, 2.45) is 11.8 Å². The van der Waals surface area contributed by atoms with Crippen molar-refractivity contribution in [2.75, 3.05) is 24.2 Å². The van der Waals surface area contributed by atoms with Crippen molar-refractivity contribution >= 4 is 11.6 Å². The van der Waals surface area contributed by atoms with E-state index in [4.69, 9.17) is 0 Å². The molecule has 1 saturated carbocycles. The molecule has 2 N–H and O–H groups in total. The van der Waals surface area contributed by atoms with E-state index in [-0.39, 0.29) is 0 Å². The van der Waals surface area contributed by atoms with Gasteiger partial charge in [-0.25, -0.2) is 9.97 Å². The highest BCUT2D eigenvalue weighted by molar-refractivity contribution is 5.47. The van der Waals surface area contributed by atoms with Crippen molar-refractivity contribution in [3.63, 3.8) is 0 Å². The minimum Gasteiger partial charge on any atom is -0.373 e. The van der Waals surface area contributed by atoms with Crippen LogP contribution in [0.2, 0.25) is 0 Å².